The van der Waals surface area contributed by atoms with Crippen LogP contribution in [0, 0.1) is 6.92 Å². The Bertz CT molecular complexity index is 770. The normalized spacial score (nSPS) is 15.8. The molecule has 2 aromatic carbocycles. The highest BCUT2D eigenvalue weighted by Gasteiger charge is 2.34. The van der Waals surface area contributed by atoms with Crippen LogP contribution in [0.4, 0.5) is 0 Å². The maximum atomic E-state index is 12.4. The van der Waals surface area contributed by atoms with E-state index < -0.39 is 0 Å². The number of hydrogen-bond donors (Lipinski definition) is 1. The molecule has 0 unspecified atom stereocenters. The number of benzene rings is 2. The molecular formula is C23H28ClNO3. The Morgan fingerprint density at radius 2 is 1.93 bits per heavy atom. The molecule has 1 saturated heterocycles. The molecule has 5 heteroatoms. The summed E-state index contributed by atoms with van der Waals surface area (Å²) in [7, 11) is 0. The fourth-order valence-corrected chi connectivity index (χ4v) is 3.74. The average molecular weight is 402 g/mol. The summed E-state index contributed by atoms with van der Waals surface area (Å²) < 4.78 is 11.3. The van der Waals surface area contributed by atoms with Crippen LogP contribution < -0.4 is 10.1 Å². The zero-order chi connectivity index (χ0) is 19.8. The van der Waals surface area contributed by atoms with E-state index in [9.17, 15) is 4.79 Å². The number of nitrogens with one attached hydrogen (secondary N) is 1. The van der Waals surface area contributed by atoms with Crippen LogP contribution in [0.15, 0.2) is 48.5 Å². The standard InChI is InChI=1S/C23H28ClNO3/c1-18-4-2-5-21(16-18)28-13-3-6-22(26)25-17-23(11-14-27-15-12-23)19-7-9-20(24)10-8-19/h2,4-5,7-10,16H,3,6,11-15,17H2,1H3,(H,25,26). The molecule has 0 atom stereocenters. The van der Waals surface area contributed by atoms with Gasteiger partial charge in [-0.1, -0.05) is 35.9 Å². The van der Waals surface area contributed by atoms with E-state index in [4.69, 9.17) is 21.1 Å². The third kappa shape index (κ3) is 5.73. The van der Waals surface area contributed by atoms with E-state index in [2.05, 4.69) is 17.4 Å². The van der Waals surface area contributed by atoms with Crippen molar-refractivity contribution >= 4 is 17.5 Å². The van der Waals surface area contributed by atoms with Crippen LogP contribution in [0.1, 0.15) is 36.8 Å². The van der Waals surface area contributed by atoms with Crippen LogP contribution >= 0.6 is 11.6 Å². The molecule has 0 bridgehead atoms. The van der Waals surface area contributed by atoms with Gasteiger partial charge in [-0.3, -0.25) is 4.79 Å². The van der Waals surface area contributed by atoms with Crippen LogP contribution in [0.3, 0.4) is 0 Å². The first kappa shape index (κ1) is 20.7. The molecule has 1 aliphatic heterocycles. The number of hydrogen-bond acceptors (Lipinski definition) is 3. The van der Waals surface area contributed by atoms with Crippen molar-refractivity contribution in [2.45, 2.75) is 38.0 Å². The highest BCUT2D eigenvalue weighted by Crippen LogP contribution is 2.34. The predicted octanol–water partition coefficient (Wildman–Crippen LogP) is 4.67. The molecule has 3 rings (SSSR count). The second-order valence-corrected chi connectivity index (χ2v) is 7.88. The van der Waals surface area contributed by atoms with E-state index in [1.165, 1.54) is 11.1 Å². The Morgan fingerprint density at radius 1 is 1.18 bits per heavy atom. The van der Waals surface area contributed by atoms with Crippen LogP contribution in [0.5, 0.6) is 5.75 Å². The summed E-state index contributed by atoms with van der Waals surface area (Å²) in [6, 6.07) is 15.9. The molecule has 0 aromatic heterocycles. The van der Waals surface area contributed by atoms with Crippen molar-refractivity contribution in [3.05, 3.63) is 64.7 Å². The molecule has 1 heterocycles. The van der Waals surface area contributed by atoms with Gasteiger partial charge in [0.1, 0.15) is 5.75 Å². The number of halogens is 1. The lowest BCUT2D eigenvalue weighted by molar-refractivity contribution is -0.121. The van der Waals surface area contributed by atoms with Gasteiger partial charge >= 0.3 is 0 Å². The summed E-state index contributed by atoms with van der Waals surface area (Å²) in [5.74, 6) is 0.914. The number of ether oxygens (including phenoxy) is 2. The molecule has 1 N–H and O–H groups in total. The fraction of sp³-hybridized carbons (Fsp3) is 0.435. The second-order valence-electron chi connectivity index (χ2n) is 7.44. The smallest absolute Gasteiger partial charge is 0.220 e. The molecule has 0 aliphatic carbocycles. The van der Waals surface area contributed by atoms with Crippen LogP contribution in [0.25, 0.3) is 0 Å². The van der Waals surface area contributed by atoms with Crippen molar-refractivity contribution < 1.29 is 14.3 Å². The van der Waals surface area contributed by atoms with Crippen molar-refractivity contribution in [1.82, 2.24) is 5.32 Å². The monoisotopic (exact) mass is 401 g/mol. The molecule has 2 aromatic rings. The lowest BCUT2D eigenvalue weighted by Gasteiger charge is -2.38. The molecule has 0 spiro atoms. The van der Waals surface area contributed by atoms with E-state index in [1.54, 1.807) is 0 Å². The number of amides is 1. The van der Waals surface area contributed by atoms with Gasteiger partial charge in [-0.15, -0.1) is 0 Å². The van der Waals surface area contributed by atoms with Gasteiger partial charge in [-0.05, 0) is 61.6 Å². The first-order valence-electron chi connectivity index (χ1n) is 9.87. The van der Waals surface area contributed by atoms with Gasteiger partial charge in [0.25, 0.3) is 0 Å². The zero-order valence-electron chi connectivity index (χ0n) is 16.4. The summed E-state index contributed by atoms with van der Waals surface area (Å²) in [6.45, 7) is 4.61. The second kappa shape index (κ2) is 9.94. The summed E-state index contributed by atoms with van der Waals surface area (Å²) in [4.78, 5) is 12.4. The number of rotatable bonds is 8. The van der Waals surface area contributed by atoms with Gasteiger partial charge in [0.15, 0.2) is 0 Å². The summed E-state index contributed by atoms with van der Waals surface area (Å²) in [5, 5.41) is 3.86. The van der Waals surface area contributed by atoms with Crippen LogP contribution in [0.2, 0.25) is 5.02 Å². The minimum absolute atomic E-state index is 0.0627. The van der Waals surface area contributed by atoms with Gasteiger partial charge < -0.3 is 14.8 Å². The molecule has 1 fully saturated rings. The first-order valence-corrected chi connectivity index (χ1v) is 10.3. The Labute approximate surface area is 172 Å². The van der Waals surface area contributed by atoms with Gasteiger partial charge in [0.2, 0.25) is 5.91 Å². The molecule has 4 nitrogen and oxygen atoms in total. The molecule has 0 saturated carbocycles. The van der Waals surface area contributed by atoms with Gasteiger partial charge in [-0.25, -0.2) is 0 Å². The highest BCUT2D eigenvalue weighted by molar-refractivity contribution is 6.30. The molecule has 1 amide bonds. The fourth-order valence-electron chi connectivity index (χ4n) is 3.62. The molecule has 28 heavy (non-hydrogen) atoms. The van der Waals surface area contributed by atoms with E-state index in [1.807, 2.05) is 43.3 Å². The summed E-state index contributed by atoms with van der Waals surface area (Å²) in [6.07, 6.45) is 2.94. The van der Waals surface area contributed by atoms with E-state index >= 15 is 0 Å². The van der Waals surface area contributed by atoms with E-state index in [0.717, 1.165) is 23.6 Å². The maximum Gasteiger partial charge on any atom is 0.220 e. The largest absolute Gasteiger partial charge is 0.494 e. The topological polar surface area (TPSA) is 47.6 Å². The van der Waals surface area contributed by atoms with Crippen molar-refractivity contribution in [3.8, 4) is 5.75 Å². The Balaban J connectivity index is 1.47. The van der Waals surface area contributed by atoms with Crippen molar-refractivity contribution in [3.63, 3.8) is 0 Å². The van der Waals surface area contributed by atoms with Gasteiger partial charge in [-0.2, -0.15) is 0 Å². The van der Waals surface area contributed by atoms with Crippen LogP contribution in [-0.4, -0.2) is 32.3 Å². The van der Waals surface area contributed by atoms with Gasteiger partial charge in [0.05, 0.1) is 6.61 Å². The Hall–Kier alpha value is -2.04. The molecule has 150 valence electrons. The Kier molecular flexibility index (Phi) is 7.35. The maximum absolute atomic E-state index is 12.4. The SMILES string of the molecule is Cc1cccc(OCCCC(=O)NCC2(c3ccc(Cl)cc3)CCOCC2)c1. The van der Waals surface area contributed by atoms with Crippen molar-refractivity contribution in [2.75, 3.05) is 26.4 Å². The molecule has 0 radical (unpaired) electrons. The molecular weight excluding hydrogens is 374 g/mol. The van der Waals surface area contributed by atoms with E-state index in [0.29, 0.717) is 39.2 Å². The Morgan fingerprint density at radius 3 is 2.64 bits per heavy atom. The predicted molar refractivity (Wildman–Crippen MR) is 112 cm³/mol. The zero-order valence-corrected chi connectivity index (χ0v) is 17.1. The summed E-state index contributed by atoms with van der Waals surface area (Å²) >= 11 is 6.04. The minimum atomic E-state index is -0.0867. The van der Waals surface area contributed by atoms with Crippen molar-refractivity contribution in [2.24, 2.45) is 0 Å². The number of carbonyl (C=O) groups is 1. The summed E-state index contributed by atoms with van der Waals surface area (Å²) in [5.41, 5.74) is 2.29. The first-order chi connectivity index (χ1) is 13.6. The van der Waals surface area contributed by atoms with Crippen LogP contribution in [-0.2, 0) is 14.9 Å². The third-order valence-electron chi connectivity index (χ3n) is 5.34. The van der Waals surface area contributed by atoms with Crippen molar-refractivity contribution in [1.29, 1.82) is 0 Å². The van der Waals surface area contributed by atoms with Gasteiger partial charge in [0, 0.05) is 36.6 Å². The lowest BCUT2D eigenvalue weighted by Crippen LogP contribution is -2.44. The quantitative estimate of drug-likeness (QED) is 0.654. The number of aryl methyl sites for hydroxylation is 1. The molecule has 1 aliphatic rings. The average Bonchev–Trinajstić information content (AvgIpc) is 2.71. The van der Waals surface area contributed by atoms with E-state index in [-0.39, 0.29) is 11.3 Å². The number of carbonyl (C=O) groups excluding carboxylic acids is 1. The third-order valence-corrected chi connectivity index (χ3v) is 5.59. The lowest BCUT2D eigenvalue weighted by atomic mass is 9.74. The minimum Gasteiger partial charge on any atom is -0.494 e. The highest BCUT2D eigenvalue weighted by atomic mass is 35.5.